The maximum Gasteiger partial charge on any atom is 0.175 e. The first-order chi connectivity index (χ1) is 12.9. The number of aromatic nitrogens is 2. The molecule has 27 heavy (non-hydrogen) atoms. The molecule has 0 bridgehead atoms. The molecule has 0 unspecified atom stereocenters. The molecule has 1 aromatic heterocycles. The molecule has 3 aromatic rings. The van der Waals surface area contributed by atoms with Gasteiger partial charge in [0.2, 0.25) is 0 Å². The molecule has 0 aliphatic carbocycles. The van der Waals surface area contributed by atoms with Crippen molar-refractivity contribution in [2.24, 2.45) is 0 Å². The molecule has 0 spiro atoms. The number of hydrogen-bond donors (Lipinski definition) is 0. The summed E-state index contributed by atoms with van der Waals surface area (Å²) >= 11 is 0. The molecule has 0 radical (unpaired) electrons. The van der Waals surface area contributed by atoms with Gasteiger partial charge in [-0.05, 0) is 42.8 Å². The quantitative estimate of drug-likeness (QED) is 0.694. The van der Waals surface area contributed by atoms with E-state index in [1.807, 2.05) is 0 Å². The SMILES string of the molecule is Cc1cccc(N2CCN(c3ncnc4ccc(S(C)(=O)=O)cc34)CC2)c1. The van der Waals surface area contributed by atoms with Crippen LogP contribution in [0.5, 0.6) is 0 Å². The Morgan fingerprint density at radius 3 is 2.37 bits per heavy atom. The topological polar surface area (TPSA) is 66.4 Å². The number of hydrogen-bond acceptors (Lipinski definition) is 6. The van der Waals surface area contributed by atoms with Crippen molar-refractivity contribution < 1.29 is 8.42 Å². The highest BCUT2D eigenvalue weighted by Gasteiger charge is 2.21. The minimum Gasteiger partial charge on any atom is -0.368 e. The summed E-state index contributed by atoms with van der Waals surface area (Å²) in [4.78, 5) is 13.6. The van der Waals surface area contributed by atoms with Crippen molar-refractivity contribution in [3.8, 4) is 0 Å². The van der Waals surface area contributed by atoms with Crippen LogP contribution in [-0.2, 0) is 9.84 Å². The zero-order valence-corrected chi connectivity index (χ0v) is 16.3. The third kappa shape index (κ3) is 3.60. The van der Waals surface area contributed by atoms with Gasteiger partial charge in [-0.25, -0.2) is 18.4 Å². The van der Waals surface area contributed by atoms with Crippen LogP contribution < -0.4 is 9.80 Å². The number of benzene rings is 2. The van der Waals surface area contributed by atoms with E-state index in [0.717, 1.165) is 42.9 Å². The molecular weight excluding hydrogens is 360 g/mol. The summed E-state index contributed by atoms with van der Waals surface area (Å²) in [5, 5.41) is 0.782. The molecule has 1 saturated heterocycles. The van der Waals surface area contributed by atoms with Gasteiger partial charge in [0.25, 0.3) is 0 Å². The molecular formula is C20H22N4O2S. The zero-order valence-electron chi connectivity index (χ0n) is 15.5. The summed E-state index contributed by atoms with van der Waals surface area (Å²) in [5.41, 5.74) is 3.25. The summed E-state index contributed by atoms with van der Waals surface area (Å²) in [7, 11) is -3.27. The average molecular weight is 382 g/mol. The highest BCUT2D eigenvalue weighted by atomic mass is 32.2. The minimum atomic E-state index is -3.27. The Hall–Kier alpha value is -2.67. The van der Waals surface area contributed by atoms with E-state index in [-0.39, 0.29) is 0 Å². The van der Waals surface area contributed by atoms with Gasteiger partial charge < -0.3 is 9.80 Å². The Morgan fingerprint density at radius 1 is 0.926 bits per heavy atom. The summed E-state index contributed by atoms with van der Waals surface area (Å²) in [6, 6.07) is 13.6. The Bertz CT molecular complexity index is 1090. The lowest BCUT2D eigenvalue weighted by atomic mass is 10.1. The zero-order chi connectivity index (χ0) is 19.0. The second kappa shape index (κ2) is 6.81. The van der Waals surface area contributed by atoms with E-state index in [4.69, 9.17) is 0 Å². The third-order valence-corrected chi connectivity index (χ3v) is 6.07. The molecule has 1 aliphatic rings. The molecule has 140 valence electrons. The first kappa shape index (κ1) is 17.7. The number of piperazine rings is 1. The first-order valence-electron chi connectivity index (χ1n) is 8.93. The van der Waals surface area contributed by atoms with Crippen LogP contribution in [0.25, 0.3) is 10.9 Å². The van der Waals surface area contributed by atoms with Gasteiger partial charge in [-0.15, -0.1) is 0 Å². The molecule has 0 saturated carbocycles. The van der Waals surface area contributed by atoms with E-state index in [9.17, 15) is 8.42 Å². The normalized spacial score (nSPS) is 15.3. The largest absolute Gasteiger partial charge is 0.368 e. The monoisotopic (exact) mass is 382 g/mol. The van der Waals surface area contributed by atoms with Gasteiger partial charge in [0, 0.05) is 43.5 Å². The van der Waals surface area contributed by atoms with Gasteiger partial charge in [0.05, 0.1) is 10.4 Å². The number of rotatable bonds is 3. The van der Waals surface area contributed by atoms with Crippen LogP contribution >= 0.6 is 0 Å². The Morgan fingerprint density at radius 2 is 1.67 bits per heavy atom. The lowest BCUT2D eigenvalue weighted by Gasteiger charge is -2.37. The van der Waals surface area contributed by atoms with Gasteiger partial charge in [-0.2, -0.15) is 0 Å². The summed E-state index contributed by atoms with van der Waals surface area (Å²) < 4.78 is 23.9. The number of aryl methyl sites for hydroxylation is 1. The number of sulfone groups is 1. The fourth-order valence-corrected chi connectivity index (χ4v) is 4.15. The van der Waals surface area contributed by atoms with Crippen molar-refractivity contribution in [3.05, 3.63) is 54.4 Å². The highest BCUT2D eigenvalue weighted by molar-refractivity contribution is 7.90. The molecule has 0 amide bonds. The molecule has 2 heterocycles. The standard InChI is InChI=1S/C20H22N4O2S/c1-15-4-3-5-16(12-15)23-8-10-24(11-9-23)20-18-13-17(27(2,25)26)6-7-19(18)21-14-22-20/h3-7,12-14H,8-11H2,1-2H3. The van der Waals surface area contributed by atoms with Gasteiger partial charge in [-0.1, -0.05) is 12.1 Å². The van der Waals surface area contributed by atoms with Crippen molar-refractivity contribution >= 4 is 32.2 Å². The molecule has 2 aromatic carbocycles. The van der Waals surface area contributed by atoms with Gasteiger partial charge in [0.15, 0.2) is 9.84 Å². The lowest BCUT2D eigenvalue weighted by molar-refractivity contribution is 0.602. The van der Waals surface area contributed by atoms with Gasteiger partial charge in [0.1, 0.15) is 12.1 Å². The Kier molecular flexibility index (Phi) is 4.47. The summed E-state index contributed by atoms with van der Waals surface area (Å²) in [6.07, 6.45) is 2.77. The van der Waals surface area contributed by atoms with Crippen molar-refractivity contribution in [2.45, 2.75) is 11.8 Å². The van der Waals surface area contributed by atoms with Crippen LogP contribution in [0.3, 0.4) is 0 Å². The van der Waals surface area contributed by atoms with E-state index in [2.05, 4.69) is 51.0 Å². The number of fused-ring (bicyclic) bond motifs is 1. The van der Waals surface area contributed by atoms with E-state index in [0.29, 0.717) is 4.90 Å². The van der Waals surface area contributed by atoms with Crippen LogP contribution in [0.4, 0.5) is 11.5 Å². The van der Waals surface area contributed by atoms with Crippen molar-refractivity contribution in [3.63, 3.8) is 0 Å². The maximum atomic E-state index is 11.9. The van der Waals surface area contributed by atoms with Crippen molar-refractivity contribution in [1.82, 2.24) is 9.97 Å². The third-order valence-electron chi connectivity index (χ3n) is 4.96. The average Bonchev–Trinajstić information content (AvgIpc) is 2.66. The van der Waals surface area contributed by atoms with Crippen molar-refractivity contribution in [2.75, 3.05) is 42.2 Å². The molecule has 6 nitrogen and oxygen atoms in total. The van der Waals surface area contributed by atoms with E-state index >= 15 is 0 Å². The molecule has 4 rings (SSSR count). The first-order valence-corrected chi connectivity index (χ1v) is 10.8. The van der Waals surface area contributed by atoms with Crippen LogP contribution in [0.1, 0.15) is 5.56 Å². The molecule has 0 atom stereocenters. The predicted octanol–water partition coefficient (Wildman–Crippen LogP) is 2.67. The van der Waals surface area contributed by atoms with Crippen molar-refractivity contribution in [1.29, 1.82) is 0 Å². The fourth-order valence-electron chi connectivity index (χ4n) is 3.51. The van der Waals surface area contributed by atoms with Crippen LogP contribution in [0.2, 0.25) is 0 Å². The Labute approximate surface area is 159 Å². The van der Waals surface area contributed by atoms with Gasteiger partial charge >= 0.3 is 0 Å². The van der Waals surface area contributed by atoms with E-state index in [1.54, 1.807) is 24.5 Å². The van der Waals surface area contributed by atoms with Crippen LogP contribution in [-0.4, -0.2) is 50.8 Å². The molecule has 1 fully saturated rings. The van der Waals surface area contributed by atoms with Gasteiger partial charge in [-0.3, -0.25) is 0 Å². The Balaban J connectivity index is 1.62. The fraction of sp³-hybridized carbons (Fsp3) is 0.300. The van der Waals surface area contributed by atoms with E-state index in [1.165, 1.54) is 17.5 Å². The van der Waals surface area contributed by atoms with Crippen LogP contribution in [0.15, 0.2) is 53.7 Å². The number of nitrogens with zero attached hydrogens (tertiary/aromatic N) is 4. The second-order valence-corrected chi connectivity index (χ2v) is 8.98. The molecule has 7 heteroatoms. The smallest absolute Gasteiger partial charge is 0.175 e. The summed E-state index contributed by atoms with van der Waals surface area (Å²) in [6.45, 7) is 5.53. The maximum absolute atomic E-state index is 11.9. The minimum absolute atomic E-state index is 0.296. The number of anilines is 2. The lowest BCUT2D eigenvalue weighted by Crippen LogP contribution is -2.47. The highest BCUT2D eigenvalue weighted by Crippen LogP contribution is 2.27. The second-order valence-electron chi connectivity index (χ2n) is 6.96. The van der Waals surface area contributed by atoms with E-state index < -0.39 is 9.84 Å². The van der Waals surface area contributed by atoms with Crippen LogP contribution in [0, 0.1) is 6.92 Å². The molecule has 1 aliphatic heterocycles. The summed E-state index contributed by atoms with van der Waals surface area (Å²) in [5.74, 6) is 0.800. The predicted molar refractivity (Wildman–Crippen MR) is 108 cm³/mol. The molecule has 0 N–H and O–H groups in total.